The number of benzene rings is 3. The normalized spacial score (nSPS) is 20.5. The van der Waals surface area contributed by atoms with Gasteiger partial charge in [-0.2, -0.15) is 0 Å². The second-order valence-electron chi connectivity index (χ2n) is 9.62. The number of aromatic amines is 1. The average Bonchev–Trinajstić information content (AvgIpc) is 3.24. The summed E-state index contributed by atoms with van der Waals surface area (Å²) in [7, 11) is 0. The van der Waals surface area contributed by atoms with Gasteiger partial charge in [-0.25, -0.2) is 4.79 Å². The maximum atomic E-state index is 12.9. The Morgan fingerprint density at radius 1 is 0.769 bits per heavy atom. The van der Waals surface area contributed by atoms with Crippen molar-refractivity contribution in [1.82, 2.24) is 9.55 Å². The highest BCUT2D eigenvalue weighted by molar-refractivity contribution is 14.1. The molecule has 3 aromatic carbocycles. The molecule has 8 nitrogen and oxygen atoms in total. The third-order valence-corrected chi connectivity index (χ3v) is 7.27. The molecule has 2 heterocycles. The van der Waals surface area contributed by atoms with Crippen LogP contribution in [0, 0.1) is 24.3 Å². The molecule has 1 N–H and O–H groups in total. The summed E-state index contributed by atoms with van der Waals surface area (Å²) in [6, 6.07) is 23.1. The quantitative estimate of drug-likeness (QED) is 0.275. The maximum absolute atomic E-state index is 12.9. The molecule has 1 aromatic heterocycles. The SMILES string of the molecule is Cc1ccc(OC[C@H]2O[C@@H](n3cc(I)c(=O)[nH]c3=O)[C@@H](Oc3ccc(C)cc3)[C@@H]2Oc2ccc(C)cc2)cc1. The van der Waals surface area contributed by atoms with E-state index in [1.807, 2.05) is 116 Å². The molecular formula is C30H29IN2O6. The zero-order valence-electron chi connectivity index (χ0n) is 21.8. The molecule has 1 saturated heterocycles. The Balaban J connectivity index is 1.53. The molecule has 1 aliphatic rings. The van der Waals surface area contributed by atoms with Crippen LogP contribution in [0.25, 0.3) is 0 Å². The van der Waals surface area contributed by atoms with E-state index in [-0.39, 0.29) is 6.61 Å². The van der Waals surface area contributed by atoms with E-state index in [0.29, 0.717) is 20.8 Å². The summed E-state index contributed by atoms with van der Waals surface area (Å²) < 4.78 is 27.2. The van der Waals surface area contributed by atoms with Crippen molar-refractivity contribution in [3.8, 4) is 17.2 Å². The first kappa shape index (κ1) is 27.0. The van der Waals surface area contributed by atoms with Crippen molar-refractivity contribution in [2.24, 2.45) is 0 Å². The van der Waals surface area contributed by atoms with E-state index in [2.05, 4.69) is 4.98 Å². The van der Waals surface area contributed by atoms with Crippen LogP contribution in [0.4, 0.5) is 0 Å². The molecule has 4 atom stereocenters. The van der Waals surface area contributed by atoms with E-state index < -0.39 is 35.8 Å². The molecule has 1 fully saturated rings. The number of aromatic nitrogens is 2. The highest BCUT2D eigenvalue weighted by Crippen LogP contribution is 2.35. The van der Waals surface area contributed by atoms with Crippen molar-refractivity contribution in [1.29, 1.82) is 0 Å². The molecule has 0 aliphatic carbocycles. The lowest BCUT2D eigenvalue weighted by Crippen LogP contribution is -2.44. The molecule has 0 amide bonds. The first-order chi connectivity index (χ1) is 18.8. The smallest absolute Gasteiger partial charge is 0.330 e. The molecule has 9 heteroatoms. The van der Waals surface area contributed by atoms with E-state index in [4.69, 9.17) is 18.9 Å². The van der Waals surface area contributed by atoms with E-state index in [1.54, 1.807) is 0 Å². The summed E-state index contributed by atoms with van der Waals surface area (Å²) in [5, 5.41) is 0. The third-order valence-electron chi connectivity index (χ3n) is 6.51. The minimum Gasteiger partial charge on any atom is -0.491 e. The standard InChI is InChI=1S/C30H29IN2O6/c1-18-4-10-21(11-5-18)36-17-25-26(37-22-12-6-19(2)7-13-22)27(38-23-14-8-20(3)9-15-23)29(39-25)33-16-24(31)28(34)32-30(33)35/h4-16,25-27,29H,17H2,1-3H3,(H,32,34,35)/t25-,26-,27+,29-/m1/s1. The second-order valence-corrected chi connectivity index (χ2v) is 10.8. The Morgan fingerprint density at radius 3 is 1.79 bits per heavy atom. The number of nitrogens with zero attached hydrogens (tertiary/aromatic N) is 1. The number of aryl methyl sites for hydroxylation is 3. The lowest BCUT2D eigenvalue weighted by molar-refractivity contribution is -0.0476. The molecular weight excluding hydrogens is 611 g/mol. The van der Waals surface area contributed by atoms with Crippen LogP contribution in [-0.4, -0.2) is 34.5 Å². The second kappa shape index (κ2) is 11.7. The summed E-state index contributed by atoms with van der Waals surface area (Å²) >= 11 is 1.89. The minimum atomic E-state index is -0.897. The first-order valence-corrected chi connectivity index (χ1v) is 13.7. The van der Waals surface area contributed by atoms with Crippen molar-refractivity contribution in [3.63, 3.8) is 0 Å². The Labute approximate surface area is 239 Å². The number of rotatable bonds is 8. The molecule has 4 aromatic rings. The van der Waals surface area contributed by atoms with Crippen LogP contribution in [0.1, 0.15) is 22.9 Å². The van der Waals surface area contributed by atoms with Crippen molar-refractivity contribution >= 4 is 22.6 Å². The van der Waals surface area contributed by atoms with Crippen molar-refractivity contribution < 1.29 is 18.9 Å². The van der Waals surface area contributed by atoms with Gasteiger partial charge in [-0.3, -0.25) is 14.3 Å². The lowest BCUT2D eigenvalue weighted by atomic mass is 10.1. The molecule has 5 rings (SSSR count). The highest BCUT2D eigenvalue weighted by atomic mass is 127. The maximum Gasteiger partial charge on any atom is 0.330 e. The number of hydrogen-bond donors (Lipinski definition) is 1. The topological polar surface area (TPSA) is 91.8 Å². The monoisotopic (exact) mass is 640 g/mol. The first-order valence-electron chi connectivity index (χ1n) is 12.6. The van der Waals surface area contributed by atoms with Gasteiger partial charge in [0.15, 0.2) is 18.4 Å². The van der Waals surface area contributed by atoms with Crippen LogP contribution in [-0.2, 0) is 4.74 Å². The molecule has 0 unspecified atom stereocenters. The molecule has 0 bridgehead atoms. The summed E-state index contributed by atoms with van der Waals surface area (Å²) in [6.45, 7) is 6.16. The average molecular weight is 640 g/mol. The molecule has 0 saturated carbocycles. The molecule has 39 heavy (non-hydrogen) atoms. The lowest BCUT2D eigenvalue weighted by Gasteiger charge is -2.26. The Bertz CT molecular complexity index is 1530. The van der Waals surface area contributed by atoms with Crippen LogP contribution >= 0.6 is 22.6 Å². The fourth-order valence-electron chi connectivity index (χ4n) is 4.34. The number of H-pyrrole nitrogens is 1. The van der Waals surface area contributed by atoms with Crippen molar-refractivity contribution in [2.45, 2.75) is 45.3 Å². The third kappa shape index (κ3) is 6.36. The summed E-state index contributed by atoms with van der Waals surface area (Å²) in [6.07, 6.45) is -1.43. The number of nitrogens with one attached hydrogen (secondary N) is 1. The van der Waals surface area contributed by atoms with Gasteiger partial charge >= 0.3 is 5.69 Å². The van der Waals surface area contributed by atoms with Gasteiger partial charge < -0.3 is 18.9 Å². The fourth-order valence-corrected chi connectivity index (χ4v) is 4.78. The van der Waals surface area contributed by atoms with Gasteiger partial charge in [0, 0.05) is 6.20 Å². The van der Waals surface area contributed by atoms with Gasteiger partial charge in [-0.05, 0) is 79.8 Å². The fraction of sp³-hybridized carbons (Fsp3) is 0.267. The Kier molecular flexibility index (Phi) is 8.08. The Morgan fingerprint density at radius 2 is 1.26 bits per heavy atom. The minimum absolute atomic E-state index is 0.152. The van der Waals surface area contributed by atoms with Crippen LogP contribution in [0.15, 0.2) is 88.6 Å². The van der Waals surface area contributed by atoms with Gasteiger partial charge in [0.1, 0.15) is 30.0 Å². The van der Waals surface area contributed by atoms with Crippen LogP contribution in [0.2, 0.25) is 0 Å². The van der Waals surface area contributed by atoms with E-state index in [0.717, 1.165) is 16.7 Å². The van der Waals surface area contributed by atoms with Gasteiger partial charge in [-0.15, -0.1) is 0 Å². The predicted molar refractivity (Wildman–Crippen MR) is 156 cm³/mol. The highest BCUT2D eigenvalue weighted by Gasteiger charge is 2.50. The zero-order chi connectivity index (χ0) is 27.5. The van der Waals surface area contributed by atoms with Crippen LogP contribution in [0.5, 0.6) is 17.2 Å². The summed E-state index contributed by atoms with van der Waals surface area (Å²) in [4.78, 5) is 27.4. The zero-order valence-corrected chi connectivity index (χ0v) is 24.0. The van der Waals surface area contributed by atoms with Gasteiger partial charge in [-0.1, -0.05) is 53.1 Å². The van der Waals surface area contributed by atoms with E-state index in [9.17, 15) is 9.59 Å². The number of halogens is 1. The van der Waals surface area contributed by atoms with Gasteiger partial charge in [0.05, 0.1) is 3.57 Å². The Hall–Kier alpha value is -3.57. The van der Waals surface area contributed by atoms with Crippen molar-refractivity contribution in [3.05, 3.63) is 120 Å². The number of ether oxygens (including phenoxy) is 4. The number of hydrogen-bond acceptors (Lipinski definition) is 6. The largest absolute Gasteiger partial charge is 0.491 e. The van der Waals surface area contributed by atoms with Crippen molar-refractivity contribution in [2.75, 3.05) is 6.61 Å². The molecule has 0 radical (unpaired) electrons. The van der Waals surface area contributed by atoms with Gasteiger partial charge in [0.2, 0.25) is 0 Å². The molecule has 0 spiro atoms. The van der Waals surface area contributed by atoms with Crippen LogP contribution in [0.3, 0.4) is 0 Å². The summed E-state index contributed by atoms with van der Waals surface area (Å²) in [5.41, 5.74) is 2.25. The predicted octanol–water partition coefficient (Wildman–Crippen LogP) is 4.94. The summed E-state index contributed by atoms with van der Waals surface area (Å²) in [5.74, 6) is 1.92. The van der Waals surface area contributed by atoms with E-state index >= 15 is 0 Å². The van der Waals surface area contributed by atoms with Gasteiger partial charge in [0.25, 0.3) is 5.56 Å². The molecule has 1 aliphatic heterocycles. The van der Waals surface area contributed by atoms with Crippen LogP contribution < -0.4 is 25.5 Å². The molecule has 202 valence electrons. The van der Waals surface area contributed by atoms with E-state index in [1.165, 1.54) is 10.8 Å².